The number of hydrogen-bond acceptors (Lipinski definition) is 10. The van der Waals surface area contributed by atoms with Gasteiger partial charge in [-0.3, -0.25) is 9.59 Å². The summed E-state index contributed by atoms with van der Waals surface area (Å²) in [4.78, 5) is 45.5. The van der Waals surface area contributed by atoms with Crippen LogP contribution in [0.4, 0.5) is 11.7 Å². The Hall–Kier alpha value is -4.15. The summed E-state index contributed by atoms with van der Waals surface area (Å²) in [5, 5.41) is 12.7. The highest BCUT2D eigenvalue weighted by Gasteiger charge is 2.23. The number of halogens is 1. The summed E-state index contributed by atoms with van der Waals surface area (Å²) < 4.78 is 13.3. The van der Waals surface area contributed by atoms with E-state index in [9.17, 15) is 9.59 Å². The molecule has 48 heavy (non-hydrogen) atoms. The lowest BCUT2D eigenvalue weighted by molar-refractivity contribution is 0.0884. The Morgan fingerprint density at radius 2 is 1.65 bits per heavy atom. The van der Waals surface area contributed by atoms with Gasteiger partial charge in [-0.25, -0.2) is 19.9 Å². The van der Waals surface area contributed by atoms with Gasteiger partial charge in [-0.15, -0.1) is 0 Å². The molecule has 14 nitrogen and oxygen atoms in total. The predicted octanol–water partition coefficient (Wildman–Crippen LogP) is 6.56. The Balaban J connectivity index is 0.000000217. The molecule has 0 saturated carbocycles. The number of aromatic amines is 1. The van der Waals surface area contributed by atoms with Crippen molar-refractivity contribution >= 4 is 69.8 Å². The number of fused-ring (bicyclic) bond motifs is 2. The Morgan fingerprint density at radius 1 is 0.979 bits per heavy atom. The smallest absolute Gasteiger partial charge is 0.255 e. The van der Waals surface area contributed by atoms with Gasteiger partial charge in [0.1, 0.15) is 22.4 Å². The highest BCUT2D eigenvalue weighted by Crippen LogP contribution is 2.22. The van der Waals surface area contributed by atoms with Crippen LogP contribution < -0.4 is 16.0 Å². The molecule has 0 spiro atoms. The van der Waals surface area contributed by atoms with Gasteiger partial charge in [-0.1, -0.05) is 24.8 Å². The van der Waals surface area contributed by atoms with Gasteiger partial charge in [0, 0.05) is 44.2 Å². The minimum absolute atomic E-state index is 0.161. The second kappa shape index (κ2) is 14.5. The molecule has 0 aliphatic carbocycles. The minimum atomic E-state index is -1.13. The van der Waals surface area contributed by atoms with E-state index in [4.69, 9.17) is 9.26 Å². The summed E-state index contributed by atoms with van der Waals surface area (Å²) in [6, 6.07) is 2.84. The van der Waals surface area contributed by atoms with E-state index in [0.29, 0.717) is 63.1 Å². The summed E-state index contributed by atoms with van der Waals surface area (Å²) >= 11 is 3.33. The molecule has 0 fully saturated rings. The van der Waals surface area contributed by atoms with E-state index in [-0.39, 0.29) is 22.9 Å². The van der Waals surface area contributed by atoms with Crippen LogP contribution in [0.25, 0.3) is 22.3 Å². The summed E-state index contributed by atoms with van der Waals surface area (Å²) in [6.07, 6.45) is 6.56. The molecule has 5 rings (SSSR count). The Labute approximate surface area is 289 Å². The van der Waals surface area contributed by atoms with Crippen LogP contribution in [0.15, 0.2) is 40.0 Å². The Bertz CT molecular complexity index is 1900. The van der Waals surface area contributed by atoms with Crippen molar-refractivity contribution in [2.75, 3.05) is 11.9 Å². The minimum Gasteiger partial charge on any atom is -0.361 e. The number of H-pyrrole nitrogens is 1. The molecule has 0 aromatic carbocycles. The summed E-state index contributed by atoms with van der Waals surface area (Å²) in [7, 11) is -1.13. The van der Waals surface area contributed by atoms with Gasteiger partial charge in [-0.2, -0.15) is 0 Å². The standard InChI is InChI=1S/C17H27BrN4O2Si.C15H18N6O2/c1-17(2,3)21-16(23)12-10-22(11-24-7-8-25(4,5)6)15-14(12)20-13(18)9-19-15;1-8-5-11(23-21-8)18-10-7-17-13-12(19-10)9(6-16-13)14(22)20-15(2,3)4/h9-10H,7-8,11H2,1-6H3,(H,21,23);5-7H,1-4H3,(H,16,17)(H,18,19)(H,20,22). The number of carbonyl (C=O) groups is 2. The molecule has 258 valence electrons. The molecule has 0 unspecified atom stereocenters. The van der Waals surface area contributed by atoms with Crippen LogP contribution in [-0.4, -0.2) is 72.2 Å². The lowest BCUT2D eigenvalue weighted by Gasteiger charge is -2.20. The maximum atomic E-state index is 12.6. The molecular weight excluding hydrogens is 696 g/mol. The van der Waals surface area contributed by atoms with Crippen LogP contribution in [0.3, 0.4) is 0 Å². The lowest BCUT2D eigenvalue weighted by atomic mass is 10.1. The third-order valence-electron chi connectivity index (χ3n) is 6.49. The molecule has 2 amide bonds. The normalized spacial score (nSPS) is 12.1. The van der Waals surface area contributed by atoms with Crippen molar-refractivity contribution < 1.29 is 18.8 Å². The lowest BCUT2D eigenvalue weighted by Crippen LogP contribution is -2.40. The average Bonchev–Trinajstić information content (AvgIpc) is 3.65. The second-order valence-electron chi connectivity index (χ2n) is 14.7. The quantitative estimate of drug-likeness (QED) is 0.0956. The van der Waals surface area contributed by atoms with Gasteiger partial charge in [0.15, 0.2) is 17.1 Å². The topological polar surface area (TPSA) is 178 Å². The van der Waals surface area contributed by atoms with Crippen molar-refractivity contribution in [1.29, 1.82) is 0 Å². The fraction of sp³-hybridized carbons (Fsp3) is 0.469. The zero-order valence-electron chi connectivity index (χ0n) is 29.2. The van der Waals surface area contributed by atoms with Gasteiger partial charge in [-0.05, 0) is 70.4 Å². The molecular formula is C32H45BrN10O4Si. The van der Waals surface area contributed by atoms with Gasteiger partial charge < -0.3 is 34.8 Å². The zero-order valence-corrected chi connectivity index (χ0v) is 31.8. The second-order valence-corrected chi connectivity index (χ2v) is 21.2. The third-order valence-corrected chi connectivity index (χ3v) is 8.58. The molecule has 4 N–H and O–H groups in total. The predicted molar refractivity (Wildman–Crippen MR) is 192 cm³/mol. The zero-order chi connectivity index (χ0) is 35.4. The third kappa shape index (κ3) is 10.4. The first-order valence-corrected chi connectivity index (χ1v) is 20.1. The van der Waals surface area contributed by atoms with E-state index >= 15 is 0 Å². The van der Waals surface area contributed by atoms with Crippen LogP contribution >= 0.6 is 15.9 Å². The van der Waals surface area contributed by atoms with Crippen molar-refractivity contribution in [2.24, 2.45) is 0 Å². The monoisotopic (exact) mass is 740 g/mol. The summed E-state index contributed by atoms with van der Waals surface area (Å²) in [6.45, 7) is 21.5. The highest BCUT2D eigenvalue weighted by molar-refractivity contribution is 9.10. The molecule has 5 aromatic rings. The average molecular weight is 742 g/mol. The Kier molecular flexibility index (Phi) is 11.1. The van der Waals surface area contributed by atoms with E-state index in [2.05, 4.69) is 81.6 Å². The molecule has 5 aromatic heterocycles. The summed E-state index contributed by atoms with van der Waals surface area (Å²) in [5.41, 5.74) is 3.32. The van der Waals surface area contributed by atoms with Crippen molar-refractivity contribution in [1.82, 2.24) is 45.3 Å². The van der Waals surface area contributed by atoms with Crippen molar-refractivity contribution in [2.45, 2.75) is 92.0 Å². The summed E-state index contributed by atoms with van der Waals surface area (Å²) in [5.74, 6) is 0.571. The molecule has 0 bridgehead atoms. The van der Waals surface area contributed by atoms with Crippen molar-refractivity contribution in [3.8, 4) is 0 Å². The van der Waals surface area contributed by atoms with Crippen LogP contribution in [-0.2, 0) is 11.5 Å². The largest absolute Gasteiger partial charge is 0.361 e. The van der Waals surface area contributed by atoms with E-state index in [1.807, 2.05) is 53.0 Å². The van der Waals surface area contributed by atoms with Crippen molar-refractivity contribution in [3.05, 3.63) is 52.3 Å². The molecule has 16 heteroatoms. The van der Waals surface area contributed by atoms with Gasteiger partial charge in [0.25, 0.3) is 11.8 Å². The number of aromatic nitrogens is 7. The number of aryl methyl sites for hydroxylation is 1. The molecule has 5 heterocycles. The molecule has 0 atom stereocenters. The number of rotatable bonds is 9. The fourth-order valence-corrected chi connectivity index (χ4v) is 5.36. The fourth-order valence-electron chi connectivity index (χ4n) is 4.33. The number of amides is 2. The van der Waals surface area contributed by atoms with Crippen LogP contribution in [0.2, 0.25) is 25.7 Å². The SMILES string of the molecule is CC(C)(C)NC(=O)c1cn(COCC[Si](C)(C)C)c2ncc(Br)nc12.Cc1cc(Nc2cnc3[nH]cc(C(=O)NC(C)(C)C)c3n2)on1. The first kappa shape index (κ1) is 36.7. The maximum Gasteiger partial charge on any atom is 0.255 e. The molecule has 0 aliphatic heterocycles. The van der Waals surface area contributed by atoms with Crippen LogP contribution in [0, 0.1) is 6.92 Å². The van der Waals surface area contributed by atoms with Gasteiger partial charge in [0.2, 0.25) is 5.88 Å². The van der Waals surface area contributed by atoms with Crippen LogP contribution in [0.1, 0.15) is 68.0 Å². The van der Waals surface area contributed by atoms with Crippen molar-refractivity contribution in [3.63, 3.8) is 0 Å². The number of hydrogen-bond donors (Lipinski definition) is 4. The molecule has 0 saturated heterocycles. The number of nitrogens with zero attached hydrogens (tertiary/aromatic N) is 6. The number of carbonyl (C=O) groups excluding carboxylic acids is 2. The highest BCUT2D eigenvalue weighted by atomic mass is 79.9. The van der Waals surface area contributed by atoms with Gasteiger partial charge in [0.05, 0.1) is 29.2 Å². The van der Waals surface area contributed by atoms with E-state index < -0.39 is 8.07 Å². The van der Waals surface area contributed by atoms with E-state index in [1.165, 1.54) is 0 Å². The molecule has 0 radical (unpaired) electrons. The Morgan fingerprint density at radius 3 is 2.25 bits per heavy atom. The van der Waals surface area contributed by atoms with E-state index in [0.717, 1.165) is 11.7 Å². The van der Waals surface area contributed by atoms with Crippen LogP contribution in [0.5, 0.6) is 0 Å². The maximum absolute atomic E-state index is 12.6. The number of nitrogens with one attached hydrogen (secondary N) is 4. The first-order valence-electron chi connectivity index (χ1n) is 15.6. The van der Waals surface area contributed by atoms with E-state index in [1.54, 1.807) is 30.9 Å². The van der Waals surface area contributed by atoms with Gasteiger partial charge >= 0.3 is 0 Å². The number of ether oxygens (including phenoxy) is 1. The molecule has 0 aliphatic rings. The number of anilines is 2. The first-order chi connectivity index (χ1) is 22.3.